The number of anilines is 1. The van der Waals surface area contributed by atoms with Crippen molar-refractivity contribution in [1.82, 2.24) is 14.5 Å². The number of benzene rings is 2. The minimum absolute atomic E-state index is 0.00628. The third-order valence-corrected chi connectivity index (χ3v) is 5.62. The van der Waals surface area contributed by atoms with Crippen LogP contribution < -0.4 is 10.9 Å². The van der Waals surface area contributed by atoms with Gasteiger partial charge in [-0.15, -0.1) is 0 Å². The van der Waals surface area contributed by atoms with Gasteiger partial charge in [-0.2, -0.15) is 0 Å². The minimum atomic E-state index is -0.640. The van der Waals surface area contributed by atoms with Crippen molar-refractivity contribution in [3.8, 4) is 11.4 Å². The van der Waals surface area contributed by atoms with Crippen LogP contribution in [0.1, 0.15) is 18.2 Å². The average Bonchev–Trinajstić information content (AvgIpc) is 2.78. The Balaban J connectivity index is 1.72. The van der Waals surface area contributed by atoms with Crippen molar-refractivity contribution in [3.05, 3.63) is 81.0 Å². The van der Waals surface area contributed by atoms with Gasteiger partial charge >= 0.3 is 0 Å². The summed E-state index contributed by atoms with van der Waals surface area (Å²) in [5.41, 5.74) is 1.89. The number of hydrogen-bond donors (Lipinski definition) is 1. The number of carbonyl (C=O) groups is 1. The Kier molecular flexibility index (Phi) is 6.15. The molecule has 1 amide bonds. The molecule has 0 saturated carbocycles. The van der Waals surface area contributed by atoms with Crippen LogP contribution in [0.2, 0.25) is 5.02 Å². The zero-order valence-corrected chi connectivity index (χ0v) is 17.8. The smallest absolute Gasteiger partial charge is 0.259 e. The highest BCUT2D eigenvalue weighted by atomic mass is 35.5. The van der Waals surface area contributed by atoms with E-state index in [-0.39, 0.29) is 22.8 Å². The fourth-order valence-electron chi connectivity index (χ4n) is 3.72. The number of rotatable bonds is 5. The van der Waals surface area contributed by atoms with Gasteiger partial charge in [-0.05, 0) is 24.7 Å². The Bertz CT molecular complexity index is 1180. The van der Waals surface area contributed by atoms with Crippen LogP contribution in [0.15, 0.2) is 53.3 Å². The number of likely N-dealkylation sites (N-methyl/N-ethyl adjacent to an activating group) is 1. The predicted molar refractivity (Wildman–Crippen MR) is 119 cm³/mol. The predicted octanol–water partition coefficient (Wildman–Crippen LogP) is 3.72. The number of halogens is 2. The maximum atomic E-state index is 14.1. The second kappa shape index (κ2) is 8.99. The van der Waals surface area contributed by atoms with Gasteiger partial charge in [0.2, 0.25) is 5.91 Å². The highest BCUT2D eigenvalue weighted by Gasteiger charge is 2.24. The standard InChI is InChI=1S/C23H22ClFN4O2/c1-2-28-11-10-19-17(13-28)23(31)29(22(27-19)15-6-4-3-5-7-15)14-21(30)26-20-9-8-16(24)12-18(20)25/h3-9,12H,2,10-11,13-14H2,1H3,(H,26,30). The first-order chi connectivity index (χ1) is 15.0. The zero-order valence-electron chi connectivity index (χ0n) is 17.1. The topological polar surface area (TPSA) is 67.2 Å². The van der Waals surface area contributed by atoms with E-state index in [2.05, 4.69) is 10.2 Å². The maximum Gasteiger partial charge on any atom is 0.259 e. The fourth-order valence-corrected chi connectivity index (χ4v) is 3.88. The number of hydrogen-bond acceptors (Lipinski definition) is 4. The van der Waals surface area contributed by atoms with E-state index < -0.39 is 11.7 Å². The van der Waals surface area contributed by atoms with Crippen LogP contribution >= 0.6 is 11.6 Å². The van der Waals surface area contributed by atoms with Crippen molar-refractivity contribution in [2.75, 3.05) is 18.4 Å². The van der Waals surface area contributed by atoms with Crippen molar-refractivity contribution >= 4 is 23.2 Å². The van der Waals surface area contributed by atoms with E-state index in [1.165, 1.54) is 16.7 Å². The number of aromatic nitrogens is 2. The lowest BCUT2D eigenvalue weighted by Crippen LogP contribution is -2.39. The summed E-state index contributed by atoms with van der Waals surface area (Å²) in [6, 6.07) is 13.3. The highest BCUT2D eigenvalue weighted by Crippen LogP contribution is 2.22. The summed E-state index contributed by atoms with van der Waals surface area (Å²) in [6.07, 6.45) is 0.682. The number of nitrogens with zero attached hydrogens (tertiary/aromatic N) is 3. The zero-order chi connectivity index (χ0) is 22.0. The number of carbonyl (C=O) groups excluding carboxylic acids is 1. The van der Waals surface area contributed by atoms with Crippen LogP contribution in [-0.4, -0.2) is 33.4 Å². The van der Waals surface area contributed by atoms with Gasteiger partial charge in [-0.25, -0.2) is 9.37 Å². The number of fused-ring (bicyclic) bond motifs is 1. The summed E-state index contributed by atoms with van der Waals surface area (Å²) in [4.78, 5) is 33.1. The molecule has 3 aromatic rings. The molecule has 1 aliphatic rings. The van der Waals surface area contributed by atoms with Crippen molar-refractivity contribution < 1.29 is 9.18 Å². The molecule has 0 bridgehead atoms. The summed E-state index contributed by atoms with van der Waals surface area (Å²) >= 11 is 5.77. The van der Waals surface area contributed by atoms with E-state index in [9.17, 15) is 14.0 Å². The van der Waals surface area contributed by atoms with Crippen molar-refractivity contribution in [1.29, 1.82) is 0 Å². The van der Waals surface area contributed by atoms with Crippen LogP contribution in [-0.2, 0) is 24.3 Å². The van der Waals surface area contributed by atoms with Crippen LogP contribution in [0, 0.1) is 5.82 Å². The molecule has 1 N–H and O–H groups in total. The molecule has 4 rings (SSSR count). The number of nitrogens with one attached hydrogen (secondary N) is 1. The molecule has 0 aliphatic carbocycles. The third kappa shape index (κ3) is 4.52. The second-order valence-corrected chi connectivity index (χ2v) is 7.85. The van der Waals surface area contributed by atoms with Crippen molar-refractivity contribution in [2.45, 2.75) is 26.4 Å². The molecule has 31 heavy (non-hydrogen) atoms. The van der Waals surface area contributed by atoms with Crippen LogP contribution in [0.4, 0.5) is 10.1 Å². The Labute approximate surface area is 184 Å². The minimum Gasteiger partial charge on any atom is -0.322 e. The molecule has 0 fully saturated rings. The van der Waals surface area contributed by atoms with Gasteiger partial charge in [-0.1, -0.05) is 48.9 Å². The normalized spacial score (nSPS) is 13.6. The first-order valence-electron chi connectivity index (χ1n) is 10.1. The maximum absolute atomic E-state index is 14.1. The Morgan fingerprint density at radius 3 is 2.71 bits per heavy atom. The summed E-state index contributed by atoms with van der Waals surface area (Å²) in [5, 5.41) is 2.76. The quantitative estimate of drug-likeness (QED) is 0.656. The lowest BCUT2D eigenvalue weighted by atomic mass is 10.1. The molecule has 0 atom stereocenters. The molecule has 0 saturated heterocycles. The Hall–Kier alpha value is -3.03. The SMILES string of the molecule is CCN1CCc2nc(-c3ccccc3)n(CC(=O)Nc3ccc(Cl)cc3F)c(=O)c2C1. The van der Waals surface area contributed by atoms with Gasteiger partial charge in [0.1, 0.15) is 18.2 Å². The fraction of sp³-hybridized carbons (Fsp3) is 0.261. The molecule has 1 aromatic heterocycles. The summed E-state index contributed by atoms with van der Waals surface area (Å²) in [6.45, 7) is 3.93. The molecule has 0 spiro atoms. The van der Waals surface area contributed by atoms with E-state index in [4.69, 9.17) is 16.6 Å². The second-order valence-electron chi connectivity index (χ2n) is 7.41. The average molecular weight is 441 g/mol. The Morgan fingerprint density at radius 1 is 1.23 bits per heavy atom. The van der Waals surface area contributed by atoms with Crippen LogP contribution in [0.25, 0.3) is 11.4 Å². The lowest BCUT2D eigenvalue weighted by molar-refractivity contribution is -0.116. The van der Waals surface area contributed by atoms with Gasteiger partial charge in [0, 0.05) is 30.1 Å². The van der Waals surface area contributed by atoms with E-state index >= 15 is 0 Å². The van der Waals surface area contributed by atoms with Gasteiger partial charge in [-0.3, -0.25) is 19.1 Å². The van der Waals surface area contributed by atoms with E-state index in [0.717, 1.165) is 30.4 Å². The van der Waals surface area contributed by atoms with E-state index in [0.29, 0.717) is 24.4 Å². The van der Waals surface area contributed by atoms with Crippen molar-refractivity contribution in [3.63, 3.8) is 0 Å². The molecule has 8 heteroatoms. The van der Waals surface area contributed by atoms with Gasteiger partial charge < -0.3 is 5.32 Å². The van der Waals surface area contributed by atoms with Gasteiger partial charge in [0.25, 0.3) is 5.56 Å². The molecule has 6 nitrogen and oxygen atoms in total. The number of amides is 1. The van der Waals surface area contributed by atoms with Crippen LogP contribution in [0.3, 0.4) is 0 Å². The largest absolute Gasteiger partial charge is 0.322 e. The first-order valence-corrected chi connectivity index (χ1v) is 10.5. The highest BCUT2D eigenvalue weighted by molar-refractivity contribution is 6.30. The summed E-state index contributed by atoms with van der Waals surface area (Å²) < 4.78 is 15.5. The monoisotopic (exact) mass is 440 g/mol. The third-order valence-electron chi connectivity index (χ3n) is 5.38. The molecule has 0 unspecified atom stereocenters. The molecule has 2 aromatic carbocycles. The van der Waals surface area contributed by atoms with E-state index in [1.54, 1.807) is 0 Å². The van der Waals surface area contributed by atoms with Gasteiger partial charge in [0.15, 0.2) is 0 Å². The summed E-state index contributed by atoms with van der Waals surface area (Å²) in [5.74, 6) is -0.731. The lowest BCUT2D eigenvalue weighted by Gasteiger charge is -2.27. The first kappa shape index (κ1) is 21.2. The molecular formula is C23H22ClFN4O2. The van der Waals surface area contributed by atoms with Gasteiger partial charge in [0.05, 0.1) is 16.9 Å². The molecule has 1 aliphatic heterocycles. The molecular weight excluding hydrogens is 419 g/mol. The molecule has 160 valence electrons. The molecule has 0 radical (unpaired) electrons. The van der Waals surface area contributed by atoms with E-state index in [1.807, 2.05) is 37.3 Å². The summed E-state index contributed by atoms with van der Waals surface area (Å²) in [7, 11) is 0. The Morgan fingerprint density at radius 2 is 2.00 bits per heavy atom. The molecule has 2 heterocycles. The van der Waals surface area contributed by atoms with Crippen molar-refractivity contribution in [2.24, 2.45) is 0 Å². The van der Waals surface area contributed by atoms with Crippen LogP contribution in [0.5, 0.6) is 0 Å².